The van der Waals surface area contributed by atoms with Gasteiger partial charge in [-0.05, 0) is 43.5 Å². The van der Waals surface area contributed by atoms with Crippen molar-refractivity contribution in [1.29, 1.82) is 0 Å². The van der Waals surface area contributed by atoms with Gasteiger partial charge < -0.3 is 9.88 Å². The fourth-order valence-corrected chi connectivity index (χ4v) is 3.55. The maximum Gasteiger partial charge on any atom is 0.224 e. The van der Waals surface area contributed by atoms with Gasteiger partial charge in [-0.15, -0.1) is 0 Å². The number of amides is 1. The molecular weight excluding hydrogens is 333 g/mol. The number of carbonyl (C=O) groups is 1. The van der Waals surface area contributed by atoms with Crippen molar-refractivity contribution in [3.8, 4) is 0 Å². The second-order valence-electron chi connectivity index (χ2n) is 6.97. The lowest BCUT2D eigenvalue weighted by atomic mass is 9.96. The number of carbonyl (C=O) groups excluding carboxylic acids is 1. The average molecular weight is 355 g/mol. The van der Waals surface area contributed by atoms with E-state index in [0.29, 0.717) is 13.0 Å². The van der Waals surface area contributed by atoms with Gasteiger partial charge in [-0.25, -0.2) is 9.37 Å². The summed E-state index contributed by atoms with van der Waals surface area (Å²) in [5, 5.41) is 4.22. The topological polar surface area (TPSA) is 66.8 Å². The first-order chi connectivity index (χ1) is 12.6. The quantitative estimate of drug-likeness (QED) is 0.782. The molecule has 1 saturated heterocycles. The summed E-state index contributed by atoms with van der Waals surface area (Å²) in [7, 11) is 0. The molecule has 1 aromatic carbocycles. The molecule has 1 aliphatic heterocycles. The lowest BCUT2D eigenvalue weighted by molar-refractivity contribution is -0.132. The van der Waals surface area contributed by atoms with Gasteiger partial charge in [-0.1, -0.05) is 0 Å². The van der Waals surface area contributed by atoms with Crippen LogP contribution < -0.4 is 0 Å². The first-order valence-electron chi connectivity index (χ1n) is 9.00. The van der Waals surface area contributed by atoms with Gasteiger partial charge >= 0.3 is 0 Å². The molecule has 4 rings (SSSR count). The molecule has 26 heavy (non-hydrogen) atoms. The zero-order valence-corrected chi connectivity index (χ0v) is 14.8. The number of aryl methyl sites for hydroxylation is 2. The van der Waals surface area contributed by atoms with Crippen LogP contribution in [0.3, 0.4) is 0 Å². The van der Waals surface area contributed by atoms with Crippen molar-refractivity contribution < 1.29 is 9.18 Å². The standard InChI is InChI=1S/C19H22FN5O/c1-13-11-21-25(12-13)9-6-18(26)24-7-4-14(5-8-24)19-22-16-3-2-15(20)10-17(16)23-19/h2-3,10-12,14H,4-9H2,1H3,(H,22,23). The minimum absolute atomic E-state index is 0.170. The molecule has 0 radical (unpaired) electrons. The van der Waals surface area contributed by atoms with E-state index < -0.39 is 0 Å². The van der Waals surface area contributed by atoms with Crippen LogP contribution in [0, 0.1) is 12.7 Å². The van der Waals surface area contributed by atoms with Gasteiger partial charge in [0.1, 0.15) is 11.6 Å². The molecule has 0 saturated carbocycles. The first kappa shape index (κ1) is 16.8. The number of piperidine rings is 1. The van der Waals surface area contributed by atoms with E-state index in [-0.39, 0.29) is 17.6 Å². The van der Waals surface area contributed by atoms with Crippen molar-refractivity contribution in [2.45, 2.75) is 38.6 Å². The van der Waals surface area contributed by atoms with Gasteiger partial charge in [0.15, 0.2) is 0 Å². The van der Waals surface area contributed by atoms with Crippen molar-refractivity contribution >= 4 is 16.9 Å². The zero-order chi connectivity index (χ0) is 18.1. The third kappa shape index (κ3) is 3.47. The number of imidazole rings is 1. The molecule has 1 amide bonds. The third-order valence-corrected chi connectivity index (χ3v) is 5.01. The smallest absolute Gasteiger partial charge is 0.224 e. The molecule has 1 fully saturated rings. The van der Waals surface area contributed by atoms with Gasteiger partial charge in [0.05, 0.1) is 17.2 Å². The monoisotopic (exact) mass is 355 g/mol. The second kappa shape index (κ2) is 6.90. The Balaban J connectivity index is 1.33. The number of benzene rings is 1. The molecule has 1 aliphatic rings. The molecule has 136 valence electrons. The van der Waals surface area contributed by atoms with Crippen molar-refractivity contribution in [2.75, 3.05) is 13.1 Å². The molecule has 0 unspecified atom stereocenters. The predicted octanol–water partition coefficient (Wildman–Crippen LogP) is 3.00. The van der Waals surface area contributed by atoms with E-state index in [1.165, 1.54) is 12.1 Å². The molecule has 6 nitrogen and oxygen atoms in total. The van der Waals surface area contributed by atoms with E-state index in [1.807, 2.05) is 22.7 Å². The number of likely N-dealkylation sites (tertiary alicyclic amines) is 1. The van der Waals surface area contributed by atoms with Crippen molar-refractivity contribution in [2.24, 2.45) is 0 Å². The summed E-state index contributed by atoms with van der Waals surface area (Å²) in [6.07, 6.45) is 5.96. The normalized spacial score (nSPS) is 15.7. The number of fused-ring (bicyclic) bond motifs is 1. The Kier molecular flexibility index (Phi) is 4.44. The SMILES string of the molecule is Cc1cnn(CCC(=O)N2CCC(c3nc4ccc(F)cc4[nH]3)CC2)c1. The molecule has 3 aromatic rings. The van der Waals surface area contributed by atoms with Gasteiger partial charge in [0.2, 0.25) is 5.91 Å². The summed E-state index contributed by atoms with van der Waals surface area (Å²) < 4.78 is 15.1. The maximum absolute atomic E-state index is 13.3. The van der Waals surface area contributed by atoms with E-state index in [0.717, 1.165) is 48.4 Å². The highest BCUT2D eigenvalue weighted by Crippen LogP contribution is 2.28. The highest BCUT2D eigenvalue weighted by molar-refractivity contribution is 5.76. The van der Waals surface area contributed by atoms with Gasteiger partial charge in [-0.3, -0.25) is 9.48 Å². The molecule has 1 N–H and O–H groups in total. The first-order valence-corrected chi connectivity index (χ1v) is 9.00. The average Bonchev–Trinajstić information content (AvgIpc) is 3.25. The number of rotatable bonds is 4. The summed E-state index contributed by atoms with van der Waals surface area (Å²) in [6.45, 7) is 4.06. The molecule has 0 aliphatic carbocycles. The van der Waals surface area contributed by atoms with Crippen LogP contribution in [-0.2, 0) is 11.3 Å². The Morgan fingerprint density at radius 1 is 1.35 bits per heavy atom. The Bertz CT molecular complexity index is 923. The van der Waals surface area contributed by atoms with E-state index in [1.54, 1.807) is 12.3 Å². The molecule has 7 heteroatoms. The highest BCUT2D eigenvalue weighted by atomic mass is 19.1. The Morgan fingerprint density at radius 3 is 2.88 bits per heavy atom. The third-order valence-electron chi connectivity index (χ3n) is 5.01. The number of hydrogen-bond donors (Lipinski definition) is 1. The van der Waals surface area contributed by atoms with Crippen LogP contribution in [0.4, 0.5) is 4.39 Å². The Hall–Kier alpha value is -2.70. The number of hydrogen-bond acceptors (Lipinski definition) is 3. The summed E-state index contributed by atoms with van der Waals surface area (Å²) >= 11 is 0. The van der Waals surface area contributed by atoms with Gasteiger partial charge in [0, 0.05) is 38.2 Å². The lowest BCUT2D eigenvalue weighted by Crippen LogP contribution is -2.38. The van der Waals surface area contributed by atoms with Crippen molar-refractivity contribution in [3.63, 3.8) is 0 Å². The molecule has 3 heterocycles. The van der Waals surface area contributed by atoms with Crippen LogP contribution in [0.1, 0.15) is 36.6 Å². The summed E-state index contributed by atoms with van der Waals surface area (Å²) in [6, 6.07) is 4.59. The Labute approximate surface area is 151 Å². The summed E-state index contributed by atoms with van der Waals surface area (Å²) in [5.41, 5.74) is 2.62. The van der Waals surface area contributed by atoms with E-state index in [9.17, 15) is 9.18 Å². The molecule has 0 spiro atoms. The van der Waals surface area contributed by atoms with Crippen LogP contribution in [0.2, 0.25) is 0 Å². The largest absolute Gasteiger partial charge is 0.343 e. The summed E-state index contributed by atoms with van der Waals surface area (Å²) in [5.74, 6) is 1.08. The van der Waals surface area contributed by atoms with Crippen LogP contribution >= 0.6 is 0 Å². The summed E-state index contributed by atoms with van der Waals surface area (Å²) in [4.78, 5) is 22.2. The molecule has 0 bridgehead atoms. The molecular formula is C19H22FN5O. The van der Waals surface area contributed by atoms with Crippen LogP contribution in [0.25, 0.3) is 11.0 Å². The Morgan fingerprint density at radius 2 is 2.15 bits per heavy atom. The minimum atomic E-state index is -0.263. The predicted molar refractivity (Wildman–Crippen MR) is 96.2 cm³/mol. The number of aromatic nitrogens is 4. The number of nitrogens with one attached hydrogen (secondary N) is 1. The highest BCUT2D eigenvalue weighted by Gasteiger charge is 2.25. The second-order valence-corrected chi connectivity index (χ2v) is 6.97. The molecule has 0 atom stereocenters. The maximum atomic E-state index is 13.3. The lowest BCUT2D eigenvalue weighted by Gasteiger charge is -2.31. The number of aromatic amines is 1. The van der Waals surface area contributed by atoms with E-state index in [4.69, 9.17) is 0 Å². The number of H-pyrrole nitrogens is 1. The number of nitrogens with zero attached hydrogens (tertiary/aromatic N) is 4. The molecule has 2 aromatic heterocycles. The number of halogens is 1. The van der Waals surface area contributed by atoms with Crippen LogP contribution in [0.15, 0.2) is 30.6 Å². The van der Waals surface area contributed by atoms with Crippen LogP contribution in [0.5, 0.6) is 0 Å². The fraction of sp³-hybridized carbons (Fsp3) is 0.421. The fourth-order valence-electron chi connectivity index (χ4n) is 3.55. The zero-order valence-electron chi connectivity index (χ0n) is 14.8. The van der Waals surface area contributed by atoms with E-state index >= 15 is 0 Å². The van der Waals surface area contributed by atoms with Crippen molar-refractivity contribution in [1.82, 2.24) is 24.6 Å². The van der Waals surface area contributed by atoms with Crippen molar-refractivity contribution in [3.05, 3.63) is 47.8 Å². The minimum Gasteiger partial charge on any atom is -0.343 e. The van der Waals surface area contributed by atoms with E-state index in [2.05, 4.69) is 15.1 Å². The van der Waals surface area contributed by atoms with Gasteiger partial charge in [0.25, 0.3) is 0 Å². The van der Waals surface area contributed by atoms with Gasteiger partial charge in [-0.2, -0.15) is 5.10 Å². The van der Waals surface area contributed by atoms with Crippen LogP contribution in [-0.4, -0.2) is 43.6 Å².